The van der Waals surface area contributed by atoms with Crippen molar-refractivity contribution >= 4 is 17.1 Å². The molecule has 158 valence electrons. The second-order valence-electron chi connectivity index (χ2n) is 8.46. The molecule has 2 fully saturated rings. The molecular weight excluding hydrogens is 392 g/mol. The molecule has 1 aliphatic heterocycles. The molecule has 0 radical (unpaired) electrons. The van der Waals surface area contributed by atoms with Crippen molar-refractivity contribution in [2.45, 2.75) is 56.8 Å². The highest BCUT2D eigenvalue weighted by Gasteiger charge is 2.44. The molecule has 0 bridgehead atoms. The number of aromatic nitrogens is 2. The molecule has 2 atom stereocenters. The summed E-state index contributed by atoms with van der Waals surface area (Å²) < 4.78 is 7.40. The largest absolute Gasteiger partial charge is 0.444 e. The van der Waals surface area contributed by atoms with Crippen LogP contribution in [0.15, 0.2) is 53.3 Å². The second kappa shape index (κ2) is 7.62. The maximum absolute atomic E-state index is 12.7. The summed E-state index contributed by atoms with van der Waals surface area (Å²) in [4.78, 5) is 30.1. The van der Waals surface area contributed by atoms with Crippen LogP contribution in [0.3, 0.4) is 0 Å². The van der Waals surface area contributed by atoms with Crippen LogP contribution in [0.5, 0.6) is 0 Å². The number of fused-ring (bicyclic) bond motifs is 1. The van der Waals surface area contributed by atoms with Crippen molar-refractivity contribution in [2.75, 3.05) is 0 Å². The fourth-order valence-corrected chi connectivity index (χ4v) is 5.24. The molecule has 31 heavy (non-hydrogen) atoms. The van der Waals surface area contributed by atoms with Crippen molar-refractivity contribution in [2.24, 2.45) is 0 Å². The molecule has 2 aliphatic rings. The van der Waals surface area contributed by atoms with E-state index in [9.17, 15) is 9.59 Å². The standard InChI is InChI=1S/C24H24N4O3/c1-15-22(17-5-3-2-4-6-17)28(24(30)31-15)19-10-8-18(9-11-19)27-21-12-7-16(14-25)13-20(21)26-23(27)29/h2-7,12-13,15,18-19,22H,8-11H2,1H3,(H,26,29)/t15-,18-,19-,22?/m1/s1. The molecule has 1 aromatic heterocycles. The van der Waals surface area contributed by atoms with Gasteiger partial charge in [-0.2, -0.15) is 5.26 Å². The number of ether oxygens (including phenoxy) is 1. The molecular formula is C24H24N4O3. The van der Waals surface area contributed by atoms with Gasteiger partial charge in [0, 0.05) is 12.1 Å². The highest BCUT2D eigenvalue weighted by Crippen LogP contribution is 2.40. The van der Waals surface area contributed by atoms with Crippen LogP contribution >= 0.6 is 0 Å². The molecule has 1 unspecified atom stereocenters. The number of benzene rings is 2. The number of carbonyl (C=O) groups is 1. The van der Waals surface area contributed by atoms with Crippen molar-refractivity contribution in [1.82, 2.24) is 14.5 Å². The molecule has 2 heterocycles. The Balaban J connectivity index is 1.38. The molecule has 0 spiro atoms. The molecule has 1 saturated carbocycles. The zero-order chi connectivity index (χ0) is 21.5. The van der Waals surface area contributed by atoms with Gasteiger partial charge in [0.25, 0.3) is 0 Å². The highest BCUT2D eigenvalue weighted by molar-refractivity contribution is 5.77. The monoisotopic (exact) mass is 416 g/mol. The SMILES string of the molecule is C[C@H]1OC(=O)N([C@H]2CC[C@H](n3c(=O)[nH]c4cc(C#N)ccc43)CC2)C1c1ccccc1. The molecule has 5 rings (SSSR count). The minimum Gasteiger partial charge on any atom is -0.444 e. The topological polar surface area (TPSA) is 91.1 Å². The molecule has 1 amide bonds. The average molecular weight is 416 g/mol. The van der Waals surface area contributed by atoms with Gasteiger partial charge < -0.3 is 9.72 Å². The summed E-state index contributed by atoms with van der Waals surface area (Å²) in [5, 5.41) is 9.11. The van der Waals surface area contributed by atoms with E-state index in [0.717, 1.165) is 36.8 Å². The van der Waals surface area contributed by atoms with Crippen molar-refractivity contribution < 1.29 is 9.53 Å². The second-order valence-corrected chi connectivity index (χ2v) is 8.46. The van der Waals surface area contributed by atoms with E-state index in [-0.39, 0.29) is 36.0 Å². The normalized spacial score (nSPS) is 26.1. The first-order valence-corrected chi connectivity index (χ1v) is 10.7. The van der Waals surface area contributed by atoms with E-state index in [0.29, 0.717) is 11.1 Å². The molecule has 1 saturated heterocycles. The summed E-state index contributed by atoms with van der Waals surface area (Å²) in [5.41, 5.74) is 2.98. The van der Waals surface area contributed by atoms with Crippen LogP contribution in [0.4, 0.5) is 4.79 Å². The number of imidazole rings is 1. The van der Waals surface area contributed by atoms with E-state index in [2.05, 4.69) is 11.1 Å². The molecule has 3 aromatic rings. The maximum Gasteiger partial charge on any atom is 0.411 e. The summed E-state index contributed by atoms with van der Waals surface area (Å²) in [6.45, 7) is 1.95. The maximum atomic E-state index is 12.7. The summed E-state index contributed by atoms with van der Waals surface area (Å²) >= 11 is 0. The van der Waals surface area contributed by atoms with Crippen LogP contribution in [-0.4, -0.2) is 32.7 Å². The number of amides is 1. The van der Waals surface area contributed by atoms with E-state index in [1.807, 2.05) is 52.8 Å². The Morgan fingerprint density at radius 3 is 2.45 bits per heavy atom. The lowest BCUT2D eigenvalue weighted by molar-refractivity contribution is 0.121. The number of hydrogen-bond acceptors (Lipinski definition) is 4. The number of cyclic esters (lactones) is 1. The fourth-order valence-electron chi connectivity index (χ4n) is 5.24. The van der Waals surface area contributed by atoms with Crippen LogP contribution in [0, 0.1) is 11.3 Å². The smallest absolute Gasteiger partial charge is 0.411 e. The Bertz CT molecular complexity index is 1220. The van der Waals surface area contributed by atoms with Gasteiger partial charge in [0.1, 0.15) is 6.10 Å². The number of H-pyrrole nitrogens is 1. The summed E-state index contributed by atoms with van der Waals surface area (Å²) in [7, 11) is 0. The molecule has 7 heteroatoms. The van der Waals surface area contributed by atoms with Gasteiger partial charge in [0.2, 0.25) is 0 Å². The van der Waals surface area contributed by atoms with Gasteiger partial charge in [0.05, 0.1) is 28.7 Å². The lowest BCUT2D eigenvalue weighted by atomic mass is 9.88. The van der Waals surface area contributed by atoms with Crippen LogP contribution in [0.1, 0.15) is 55.8 Å². The first-order chi connectivity index (χ1) is 15.1. The minimum atomic E-state index is -0.252. The third-order valence-electron chi connectivity index (χ3n) is 6.65. The number of nitrogens with zero attached hydrogens (tertiary/aromatic N) is 3. The van der Waals surface area contributed by atoms with E-state index in [1.165, 1.54) is 0 Å². The quantitative estimate of drug-likeness (QED) is 0.690. The minimum absolute atomic E-state index is 0.0663. The highest BCUT2D eigenvalue weighted by atomic mass is 16.6. The van der Waals surface area contributed by atoms with Crippen LogP contribution in [-0.2, 0) is 4.74 Å². The Kier molecular flexibility index (Phi) is 4.78. The lowest BCUT2D eigenvalue weighted by Gasteiger charge is -2.37. The Hall–Kier alpha value is -3.53. The van der Waals surface area contributed by atoms with Crippen LogP contribution in [0.2, 0.25) is 0 Å². The molecule has 2 aromatic carbocycles. The van der Waals surface area contributed by atoms with Gasteiger partial charge in [-0.3, -0.25) is 9.47 Å². The van der Waals surface area contributed by atoms with E-state index >= 15 is 0 Å². The predicted molar refractivity (Wildman–Crippen MR) is 116 cm³/mol. The Morgan fingerprint density at radius 2 is 1.74 bits per heavy atom. The molecule has 1 N–H and O–H groups in total. The summed E-state index contributed by atoms with van der Waals surface area (Å²) in [6.07, 6.45) is 2.78. The number of aromatic amines is 1. The summed E-state index contributed by atoms with van der Waals surface area (Å²) in [5.74, 6) is 0. The van der Waals surface area contributed by atoms with Gasteiger partial charge >= 0.3 is 11.8 Å². The molecule has 1 aliphatic carbocycles. The van der Waals surface area contributed by atoms with Gasteiger partial charge in [-0.15, -0.1) is 0 Å². The van der Waals surface area contributed by atoms with Crippen molar-refractivity contribution in [1.29, 1.82) is 5.26 Å². The summed E-state index contributed by atoms with van der Waals surface area (Å²) in [6, 6.07) is 17.5. The number of hydrogen-bond donors (Lipinski definition) is 1. The third-order valence-corrected chi connectivity index (χ3v) is 6.65. The zero-order valence-corrected chi connectivity index (χ0v) is 17.3. The first-order valence-electron chi connectivity index (χ1n) is 10.7. The lowest BCUT2D eigenvalue weighted by Crippen LogP contribution is -2.41. The van der Waals surface area contributed by atoms with Gasteiger partial charge in [-0.25, -0.2) is 9.59 Å². The van der Waals surface area contributed by atoms with Crippen molar-refractivity contribution in [3.8, 4) is 6.07 Å². The van der Waals surface area contributed by atoms with Gasteiger partial charge in [-0.05, 0) is 56.4 Å². The number of rotatable bonds is 3. The average Bonchev–Trinajstić information content (AvgIpc) is 3.28. The van der Waals surface area contributed by atoms with Crippen molar-refractivity contribution in [3.63, 3.8) is 0 Å². The number of nitriles is 1. The van der Waals surface area contributed by atoms with E-state index in [4.69, 9.17) is 10.00 Å². The number of carbonyl (C=O) groups excluding carboxylic acids is 1. The van der Waals surface area contributed by atoms with E-state index < -0.39 is 0 Å². The fraction of sp³-hybridized carbons (Fsp3) is 0.375. The first kappa shape index (κ1) is 19.4. The third kappa shape index (κ3) is 3.28. The van der Waals surface area contributed by atoms with Gasteiger partial charge in [-0.1, -0.05) is 30.3 Å². The van der Waals surface area contributed by atoms with Crippen LogP contribution < -0.4 is 5.69 Å². The van der Waals surface area contributed by atoms with Crippen LogP contribution in [0.25, 0.3) is 11.0 Å². The Labute approximate surface area is 179 Å². The van der Waals surface area contributed by atoms with E-state index in [1.54, 1.807) is 12.1 Å². The predicted octanol–water partition coefficient (Wildman–Crippen LogP) is 4.27. The van der Waals surface area contributed by atoms with Gasteiger partial charge in [0.15, 0.2) is 0 Å². The number of nitrogens with one attached hydrogen (secondary N) is 1. The Morgan fingerprint density at radius 1 is 1.03 bits per heavy atom. The zero-order valence-electron chi connectivity index (χ0n) is 17.3. The molecule has 7 nitrogen and oxygen atoms in total. The van der Waals surface area contributed by atoms with Crippen molar-refractivity contribution in [3.05, 3.63) is 70.1 Å².